The molecule has 0 atom stereocenters. The van der Waals surface area contributed by atoms with E-state index in [0.29, 0.717) is 12.8 Å². The van der Waals surface area contributed by atoms with Gasteiger partial charge in [0.2, 0.25) is 0 Å². The number of rotatable bonds is 16. The fourth-order valence-corrected chi connectivity index (χ4v) is 4.17. The Hall–Kier alpha value is -3.10. The first-order valence-electron chi connectivity index (χ1n) is 13.3. The Kier molecular flexibility index (Phi) is 11.2. The van der Waals surface area contributed by atoms with E-state index < -0.39 is 12.2 Å². The van der Waals surface area contributed by atoms with Crippen LogP contribution in [0.5, 0.6) is 11.5 Å². The number of halogens is 4. The SMILES string of the molecule is Cc1cc(OC(F)(F)c2ccc(CCCCCO)cc2)ccc1OC(F)(F)c1ccc(CCCCCO)cc1. The molecule has 0 saturated heterocycles. The smallest absolute Gasteiger partial charge is 0.426 e. The predicted octanol–water partition coefficient (Wildman–Crippen LogP) is 7.66. The molecule has 0 spiro atoms. The number of unbranched alkanes of at least 4 members (excludes halogenated alkanes) is 4. The quantitative estimate of drug-likeness (QED) is 0.143. The van der Waals surface area contributed by atoms with Crippen molar-refractivity contribution in [3.63, 3.8) is 0 Å². The zero-order valence-corrected chi connectivity index (χ0v) is 22.1. The molecule has 0 aliphatic carbocycles. The summed E-state index contributed by atoms with van der Waals surface area (Å²) in [5.41, 5.74) is 1.42. The van der Waals surface area contributed by atoms with Crippen LogP contribution in [0.1, 0.15) is 66.3 Å². The predicted molar refractivity (Wildman–Crippen MR) is 142 cm³/mol. The first-order chi connectivity index (χ1) is 18.6. The highest BCUT2D eigenvalue weighted by atomic mass is 19.3. The molecule has 0 unspecified atom stereocenters. The minimum absolute atomic E-state index is 0.138. The van der Waals surface area contributed by atoms with Crippen molar-refractivity contribution < 1.29 is 37.2 Å². The second kappa shape index (κ2) is 14.3. The van der Waals surface area contributed by atoms with Gasteiger partial charge < -0.3 is 19.7 Å². The molecule has 2 N–H and O–H groups in total. The molecule has 0 heterocycles. The molecule has 212 valence electrons. The van der Waals surface area contributed by atoms with Gasteiger partial charge >= 0.3 is 12.2 Å². The third-order valence-electron chi connectivity index (χ3n) is 6.46. The van der Waals surface area contributed by atoms with E-state index in [9.17, 15) is 17.6 Å². The summed E-state index contributed by atoms with van der Waals surface area (Å²) in [6, 6.07) is 15.4. The molecular formula is C31H36F4O4. The highest BCUT2D eigenvalue weighted by Gasteiger charge is 2.36. The summed E-state index contributed by atoms with van der Waals surface area (Å²) < 4.78 is 69.2. The van der Waals surface area contributed by atoms with E-state index >= 15 is 0 Å². The minimum atomic E-state index is -3.62. The van der Waals surface area contributed by atoms with Crippen LogP contribution >= 0.6 is 0 Å². The largest absolute Gasteiger partial charge is 0.429 e. The molecule has 0 bridgehead atoms. The van der Waals surface area contributed by atoms with Crippen molar-refractivity contribution in [2.45, 2.75) is 70.5 Å². The Morgan fingerprint density at radius 2 is 1.05 bits per heavy atom. The fourth-order valence-electron chi connectivity index (χ4n) is 4.17. The van der Waals surface area contributed by atoms with E-state index in [4.69, 9.17) is 19.7 Å². The number of aliphatic hydroxyl groups is 2. The van der Waals surface area contributed by atoms with E-state index in [0.717, 1.165) is 49.7 Å². The van der Waals surface area contributed by atoms with E-state index in [-0.39, 0.29) is 41.4 Å². The Labute approximate surface area is 227 Å². The van der Waals surface area contributed by atoms with E-state index in [2.05, 4.69) is 0 Å². The number of aliphatic hydroxyl groups excluding tert-OH is 2. The van der Waals surface area contributed by atoms with Crippen LogP contribution in [0.4, 0.5) is 17.6 Å². The van der Waals surface area contributed by atoms with Gasteiger partial charge in [-0.2, -0.15) is 17.6 Å². The molecule has 3 rings (SSSR count). The van der Waals surface area contributed by atoms with Crippen LogP contribution < -0.4 is 9.47 Å². The van der Waals surface area contributed by atoms with Gasteiger partial charge in [-0.25, -0.2) is 0 Å². The number of hydrogen-bond donors (Lipinski definition) is 2. The van der Waals surface area contributed by atoms with Gasteiger partial charge in [-0.1, -0.05) is 37.1 Å². The highest BCUT2D eigenvalue weighted by molar-refractivity contribution is 5.40. The second-order valence-electron chi connectivity index (χ2n) is 9.63. The van der Waals surface area contributed by atoms with Crippen LogP contribution in [-0.4, -0.2) is 23.4 Å². The molecule has 0 aliphatic rings. The summed E-state index contributed by atoms with van der Waals surface area (Å²) in [5, 5.41) is 17.7. The van der Waals surface area contributed by atoms with Gasteiger partial charge in [0.05, 0.1) is 11.1 Å². The van der Waals surface area contributed by atoms with E-state index in [1.54, 1.807) is 24.3 Å². The minimum Gasteiger partial charge on any atom is -0.429 e. The number of alkyl halides is 4. The van der Waals surface area contributed by atoms with E-state index in [1.165, 1.54) is 49.4 Å². The van der Waals surface area contributed by atoms with Crippen molar-refractivity contribution in [3.05, 3.63) is 94.5 Å². The standard InChI is InChI=1S/C31H36F4O4/c1-23-22-28(38-30(32,33)26-14-10-24(11-15-26)8-4-2-6-20-36)18-19-29(23)39-31(34,35)27-16-12-25(13-17-27)9-5-3-7-21-37/h10-19,22,36-37H,2-9,20-21H2,1H3. The van der Waals surface area contributed by atoms with Gasteiger partial charge in [0.15, 0.2) is 0 Å². The summed E-state index contributed by atoms with van der Waals surface area (Å²) in [6.45, 7) is 1.76. The monoisotopic (exact) mass is 548 g/mol. The van der Waals surface area contributed by atoms with E-state index in [1.807, 2.05) is 0 Å². The van der Waals surface area contributed by atoms with Gasteiger partial charge in [-0.15, -0.1) is 0 Å². The first-order valence-corrected chi connectivity index (χ1v) is 13.3. The maximum Gasteiger partial charge on any atom is 0.426 e. The first kappa shape index (κ1) is 30.4. The average Bonchev–Trinajstić information content (AvgIpc) is 2.91. The Morgan fingerprint density at radius 1 is 0.590 bits per heavy atom. The number of benzene rings is 3. The van der Waals surface area contributed by atoms with Gasteiger partial charge in [-0.05, 0) is 105 Å². The molecule has 4 nitrogen and oxygen atoms in total. The van der Waals surface area contributed by atoms with Crippen molar-refractivity contribution in [3.8, 4) is 11.5 Å². The molecule has 39 heavy (non-hydrogen) atoms. The Bertz CT molecular complexity index is 1150. The van der Waals surface area contributed by atoms with Gasteiger partial charge in [0, 0.05) is 13.2 Å². The molecule has 3 aromatic carbocycles. The van der Waals surface area contributed by atoms with Gasteiger partial charge in [-0.3, -0.25) is 0 Å². The maximum atomic E-state index is 14.8. The van der Waals surface area contributed by atoms with Crippen molar-refractivity contribution in [1.82, 2.24) is 0 Å². The number of ether oxygens (including phenoxy) is 2. The summed E-state index contributed by atoms with van der Waals surface area (Å²) in [4.78, 5) is 0. The molecule has 0 radical (unpaired) electrons. The van der Waals surface area contributed by atoms with Crippen molar-refractivity contribution in [1.29, 1.82) is 0 Å². The number of hydrogen-bond acceptors (Lipinski definition) is 4. The zero-order valence-electron chi connectivity index (χ0n) is 22.1. The fraction of sp³-hybridized carbons (Fsp3) is 0.419. The lowest BCUT2D eigenvalue weighted by molar-refractivity contribution is -0.188. The summed E-state index contributed by atoms with van der Waals surface area (Å²) in [6.07, 6.45) is -0.908. The average molecular weight is 549 g/mol. The molecule has 0 amide bonds. The summed E-state index contributed by atoms with van der Waals surface area (Å²) >= 11 is 0. The second-order valence-corrected chi connectivity index (χ2v) is 9.63. The zero-order chi connectivity index (χ0) is 28.3. The lowest BCUT2D eigenvalue weighted by Gasteiger charge is -2.22. The molecule has 0 saturated carbocycles. The summed E-state index contributed by atoms with van der Waals surface area (Å²) in [7, 11) is 0. The molecular weight excluding hydrogens is 512 g/mol. The molecule has 0 aromatic heterocycles. The molecule has 0 aliphatic heterocycles. The van der Waals surface area contributed by atoms with Crippen LogP contribution in [0.15, 0.2) is 66.7 Å². The van der Waals surface area contributed by atoms with Crippen LogP contribution in [0.25, 0.3) is 0 Å². The molecule has 3 aromatic rings. The Balaban J connectivity index is 1.60. The normalized spacial score (nSPS) is 12.0. The third-order valence-corrected chi connectivity index (χ3v) is 6.46. The maximum absolute atomic E-state index is 14.8. The Morgan fingerprint density at radius 3 is 1.49 bits per heavy atom. The van der Waals surface area contributed by atoms with Crippen LogP contribution in [0.2, 0.25) is 0 Å². The lowest BCUT2D eigenvalue weighted by atomic mass is 10.0. The van der Waals surface area contributed by atoms with Crippen LogP contribution in [0.3, 0.4) is 0 Å². The van der Waals surface area contributed by atoms with Crippen molar-refractivity contribution in [2.24, 2.45) is 0 Å². The topological polar surface area (TPSA) is 58.9 Å². The van der Waals surface area contributed by atoms with Gasteiger partial charge in [0.25, 0.3) is 0 Å². The number of aryl methyl sites for hydroxylation is 3. The van der Waals surface area contributed by atoms with Crippen LogP contribution in [0, 0.1) is 6.92 Å². The lowest BCUT2D eigenvalue weighted by Crippen LogP contribution is -2.23. The van der Waals surface area contributed by atoms with Crippen LogP contribution in [-0.2, 0) is 25.1 Å². The third kappa shape index (κ3) is 9.25. The van der Waals surface area contributed by atoms with Crippen molar-refractivity contribution >= 4 is 0 Å². The van der Waals surface area contributed by atoms with Crippen molar-refractivity contribution in [2.75, 3.05) is 13.2 Å². The van der Waals surface area contributed by atoms with Gasteiger partial charge in [0.1, 0.15) is 11.5 Å². The highest BCUT2D eigenvalue weighted by Crippen LogP contribution is 2.37. The molecule has 8 heteroatoms. The molecule has 0 fully saturated rings. The summed E-state index contributed by atoms with van der Waals surface area (Å²) in [5.74, 6) is -0.318.